The second-order valence-electron chi connectivity index (χ2n) is 22.3. The first-order chi connectivity index (χ1) is 37.3. The molecule has 0 aliphatic heterocycles. The van der Waals surface area contributed by atoms with Crippen LogP contribution in [0, 0.1) is 0 Å². The molecule has 0 rings (SSSR count). The zero-order valence-corrected chi connectivity index (χ0v) is 51.2. The zero-order valence-electron chi connectivity index (χ0n) is 50.3. The average molecular weight is 1090 g/mol. The highest BCUT2D eigenvalue weighted by molar-refractivity contribution is 7.47. The maximum absolute atomic E-state index is 12.7. The fraction of sp³-hybridized carbons (Fsp3) is 0.879. The molecule has 9 nitrogen and oxygen atoms in total. The molecule has 0 aliphatic carbocycles. The number of phosphoric ester groups is 1. The van der Waals surface area contributed by atoms with Crippen molar-refractivity contribution in [2.45, 2.75) is 347 Å². The minimum Gasteiger partial charge on any atom is -0.462 e. The van der Waals surface area contributed by atoms with Crippen LogP contribution < -0.4 is 5.73 Å². The summed E-state index contributed by atoms with van der Waals surface area (Å²) in [6.45, 7) is 3.80. The van der Waals surface area contributed by atoms with Crippen molar-refractivity contribution in [3.63, 3.8) is 0 Å². The van der Waals surface area contributed by atoms with Gasteiger partial charge in [-0.25, -0.2) is 4.57 Å². The molecule has 0 aromatic heterocycles. The molecule has 0 bridgehead atoms. The third kappa shape index (κ3) is 61.4. The van der Waals surface area contributed by atoms with Crippen LogP contribution in [0.3, 0.4) is 0 Å². The monoisotopic (exact) mass is 1090 g/mol. The lowest BCUT2D eigenvalue weighted by Crippen LogP contribution is -2.29. The molecule has 0 fully saturated rings. The van der Waals surface area contributed by atoms with E-state index in [1.165, 1.54) is 263 Å². The molecule has 2 atom stereocenters. The predicted octanol–water partition coefficient (Wildman–Crippen LogP) is 21.1. The van der Waals surface area contributed by atoms with Crippen molar-refractivity contribution in [3.05, 3.63) is 36.5 Å². The third-order valence-corrected chi connectivity index (χ3v) is 15.8. The Bertz CT molecular complexity index is 1340. The first-order valence-electron chi connectivity index (χ1n) is 33.0. The Morgan fingerprint density at radius 1 is 0.395 bits per heavy atom. The summed E-state index contributed by atoms with van der Waals surface area (Å²) in [4.78, 5) is 35.3. The van der Waals surface area contributed by atoms with Gasteiger partial charge < -0.3 is 20.1 Å². The molecule has 2 unspecified atom stereocenters. The van der Waals surface area contributed by atoms with Gasteiger partial charge in [-0.2, -0.15) is 0 Å². The van der Waals surface area contributed by atoms with E-state index in [4.69, 9.17) is 24.3 Å². The topological polar surface area (TPSA) is 134 Å². The second kappa shape index (κ2) is 62.4. The van der Waals surface area contributed by atoms with Gasteiger partial charge in [-0.3, -0.25) is 18.6 Å². The number of allylic oxidation sites excluding steroid dienone is 6. The molecule has 448 valence electrons. The van der Waals surface area contributed by atoms with Crippen LogP contribution in [0.25, 0.3) is 0 Å². The third-order valence-electron chi connectivity index (χ3n) is 14.8. The molecule has 0 aliphatic rings. The van der Waals surface area contributed by atoms with Crippen molar-refractivity contribution >= 4 is 19.8 Å². The molecular weight excluding hydrogens is 966 g/mol. The molecule has 10 heteroatoms. The van der Waals surface area contributed by atoms with E-state index in [2.05, 4.69) is 50.3 Å². The van der Waals surface area contributed by atoms with E-state index in [-0.39, 0.29) is 38.6 Å². The van der Waals surface area contributed by atoms with Gasteiger partial charge in [0, 0.05) is 19.4 Å². The van der Waals surface area contributed by atoms with Crippen LogP contribution in [-0.2, 0) is 32.7 Å². The number of unbranched alkanes of at least 4 members (excludes halogenated alkanes) is 44. The average Bonchev–Trinajstić information content (AvgIpc) is 3.41. The number of hydrogen-bond acceptors (Lipinski definition) is 8. The molecule has 76 heavy (non-hydrogen) atoms. The molecule has 0 aromatic carbocycles. The number of nitrogens with two attached hydrogens (primary N) is 1. The van der Waals surface area contributed by atoms with Crippen molar-refractivity contribution in [2.24, 2.45) is 5.73 Å². The summed E-state index contributed by atoms with van der Waals surface area (Å²) in [6, 6.07) is 0. The number of ether oxygens (including phenoxy) is 2. The summed E-state index contributed by atoms with van der Waals surface area (Å²) in [5.74, 6) is -0.806. The Balaban J connectivity index is 3.85. The lowest BCUT2D eigenvalue weighted by atomic mass is 10.0. The van der Waals surface area contributed by atoms with Crippen LogP contribution in [0.1, 0.15) is 341 Å². The van der Waals surface area contributed by atoms with Gasteiger partial charge in [0.2, 0.25) is 0 Å². The van der Waals surface area contributed by atoms with E-state index in [1.807, 2.05) is 0 Å². The molecule has 0 saturated heterocycles. The molecule has 0 aromatic rings. The van der Waals surface area contributed by atoms with Crippen molar-refractivity contribution in [1.82, 2.24) is 0 Å². The summed E-state index contributed by atoms with van der Waals surface area (Å²) in [7, 11) is -4.39. The summed E-state index contributed by atoms with van der Waals surface area (Å²) in [5.41, 5.74) is 5.40. The molecule has 0 amide bonds. The van der Waals surface area contributed by atoms with Gasteiger partial charge in [-0.1, -0.05) is 314 Å². The van der Waals surface area contributed by atoms with Gasteiger partial charge in [0.15, 0.2) is 6.10 Å². The maximum Gasteiger partial charge on any atom is 0.472 e. The first kappa shape index (κ1) is 74.2. The Morgan fingerprint density at radius 3 is 1.01 bits per heavy atom. The van der Waals surface area contributed by atoms with Crippen LogP contribution in [-0.4, -0.2) is 49.3 Å². The number of carbonyl (C=O) groups excluding carboxylic acids is 2. The highest BCUT2D eigenvalue weighted by Gasteiger charge is 2.26. The smallest absolute Gasteiger partial charge is 0.462 e. The molecule has 0 radical (unpaired) electrons. The highest BCUT2D eigenvalue weighted by Crippen LogP contribution is 2.43. The van der Waals surface area contributed by atoms with Crippen molar-refractivity contribution < 1.29 is 37.6 Å². The summed E-state index contributed by atoms with van der Waals surface area (Å²) < 4.78 is 33.1. The predicted molar refractivity (Wildman–Crippen MR) is 326 cm³/mol. The Morgan fingerprint density at radius 2 is 0.684 bits per heavy atom. The Kier molecular flexibility index (Phi) is 61.0. The highest BCUT2D eigenvalue weighted by atomic mass is 31.2. The van der Waals surface area contributed by atoms with E-state index in [9.17, 15) is 19.0 Å². The number of esters is 2. The van der Waals surface area contributed by atoms with Crippen LogP contribution in [0.15, 0.2) is 36.5 Å². The van der Waals surface area contributed by atoms with Gasteiger partial charge in [0.05, 0.1) is 13.2 Å². The Labute approximate surface area is 471 Å². The van der Waals surface area contributed by atoms with Crippen LogP contribution in [0.2, 0.25) is 0 Å². The van der Waals surface area contributed by atoms with Crippen molar-refractivity contribution in [1.29, 1.82) is 0 Å². The number of carbonyl (C=O) groups is 2. The summed E-state index contributed by atoms with van der Waals surface area (Å²) >= 11 is 0. The standard InChI is InChI=1S/C66H126NO8P/c1-3-5-7-9-11-13-15-17-19-21-23-25-27-28-29-30-31-32-33-34-35-36-37-39-41-43-45-47-49-51-53-55-57-59-66(69)75-64(63-74-76(70,71)73-61-60-67)62-72-65(68)58-56-54-52-50-48-46-44-42-40-38-26-24-22-20-18-16-14-12-10-8-6-4-2/h15,17,21,23,27-28,64H,3-14,16,18-20,22,24-26,29-63,67H2,1-2H3,(H,70,71)/b17-15-,23-21-,28-27-. The summed E-state index contributed by atoms with van der Waals surface area (Å²) in [6.07, 6.45) is 76.5. The number of hydrogen-bond donors (Lipinski definition) is 2. The van der Waals surface area contributed by atoms with Crippen molar-refractivity contribution in [2.75, 3.05) is 26.4 Å². The van der Waals surface area contributed by atoms with Gasteiger partial charge in [0.25, 0.3) is 0 Å². The molecular formula is C66H126NO8P. The van der Waals surface area contributed by atoms with Crippen LogP contribution in [0.5, 0.6) is 0 Å². The van der Waals surface area contributed by atoms with Gasteiger partial charge in [0.1, 0.15) is 6.61 Å². The second-order valence-corrected chi connectivity index (χ2v) is 23.8. The largest absolute Gasteiger partial charge is 0.472 e. The van der Waals surface area contributed by atoms with Crippen LogP contribution in [0.4, 0.5) is 0 Å². The molecule has 0 spiro atoms. The van der Waals surface area contributed by atoms with E-state index >= 15 is 0 Å². The SMILES string of the molecule is CCCCCCC/C=C\C/C=C\C/C=C\CCCCCCCCCCCCCCCCCCCCC(=O)OC(COC(=O)CCCCCCCCCCCCCCCCCCCCCCCC)COP(=O)(O)OCCN. The molecule has 0 heterocycles. The minimum absolute atomic E-state index is 0.0561. The normalized spacial score (nSPS) is 13.2. The van der Waals surface area contributed by atoms with Gasteiger partial charge in [-0.05, 0) is 51.4 Å². The first-order valence-corrected chi connectivity index (χ1v) is 34.5. The zero-order chi connectivity index (χ0) is 55.2. The van der Waals surface area contributed by atoms with Crippen LogP contribution >= 0.6 is 7.82 Å². The summed E-state index contributed by atoms with van der Waals surface area (Å²) in [5, 5.41) is 0. The lowest BCUT2D eigenvalue weighted by Gasteiger charge is -2.19. The van der Waals surface area contributed by atoms with Crippen molar-refractivity contribution in [3.8, 4) is 0 Å². The number of rotatable bonds is 63. The minimum atomic E-state index is -4.39. The van der Waals surface area contributed by atoms with E-state index < -0.39 is 26.5 Å². The van der Waals surface area contributed by atoms with E-state index in [0.717, 1.165) is 44.9 Å². The maximum atomic E-state index is 12.7. The van der Waals surface area contributed by atoms with Gasteiger partial charge in [-0.15, -0.1) is 0 Å². The Hall–Kier alpha value is -1.77. The quantitative estimate of drug-likeness (QED) is 0.0264. The fourth-order valence-corrected chi connectivity index (χ4v) is 10.6. The van der Waals surface area contributed by atoms with E-state index in [0.29, 0.717) is 6.42 Å². The fourth-order valence-electron chi connectivity index (χ4n) is 9.88. The molecule has 3 N–H and O–H groups in total. The number of phosphoric acid groups is 1. The van der Waals surface area contributed by atoms with E-state index in [1.54, 1.807) is 0 Å². The molecule has 0 saturated carbocycles. The van der Waals surface area contributed by atoms with Gasteiger partial charge >= 0.3 is 19.8 Å². The lowest BCUT2D eigenvalue weighted by molar-refractivity contribution is -0.161.